The third-order valence-corrected chi connectivity index (χ3v) is 7.90. The molecule has 0 saturated carbocycles. The number of hydrogen-bond donors (Lipinski definition) is 1. The number of anilines is 1. The summed E-state index contributed by atoms with van der Waals surface area (Å²) in [5.41, 5.74) is 1.94. The average Bonchev–Trinajstić information content (AvgIpc) is 3.44. The van der Waals surface area contributed by atoms with Crippen molar-refractivity contribution in [2.24, 2.45) is 0 Å². The second kappa shape index (κ2) is 8.77. The van der Waals surface area contributed by atoms with Gasteiger partial charge in [-0.05, 0) is 31.9 Å². The van der Waals surface area contributed by atoms with Crippen LogP contribution in [0.15, 0.2) is 58.8 Å². The second-order valence-corrected chi connectivity index (χ2v) is 10.2. The highest BCUT2D eigenvalue weighted by Gasteiger charge is 2.39. The average molecular weight is 473 g/mol. The number of hydrogen-bond acceptors (Lipinski definition) is 7. The van der Waals surface area contributed by atoms with E-state index in [4.69, 9.17) is 0 Å². The fraction of sp³-hybridized carbons (Fsp3) is 0.238. The lowest BCUT2D eigenvalue weighted by molar-refractivity contribution is -0.384. The van der Waals surface area contributed by atoms with Gasteiger partial charge < -0.3 is 5.32 Å². The Labute approximate surface area is 188 Å². The molecule has 1 amide bonds. The number of benzene rings is 2. The molecule has 1 aromatic heterocycles. The summed E-state index contributed by atoms with van der Waals surface area (Å²) in [6.07, 6.45) is 1.00. The van der Waals surface area contributed by atoms with Gasteiger partial charge in [-0.1, -0.05) is 29.8 Å². The van der Waals surface area contributed by atoms with E-state index in [9.17, 15) is 23.3 Å². The number of nitrogens with one attached hydrogen (secondary N) is 1. The van der Waals surface area contributed by atoms with Crippen molar-refractivity contribution < 1.29 is 18.1 Å². The summed E-state index contributed by atoms with van der Waals surface area (Å²) in [5, 5.41) is 15.7. The van der Waals surface area contributed by atoms with E-state index in [0.717, 1.165) is 5.56 Å². The molecule has 9 nitrogen and oxygen atoms in total. The van der Waals surface area contributed by atoms with Gasteiger partial charge in [-0.15, -0.1) is 11.3 Å². The van der Waals surface area contributed by atoms with Crippen molar-refractivity contribution in [2.75, 3.05) is 11.9 Å². The Morgan fingerprint density at radius 3 is 2.72 bits per heavy atom. The molecule has 1 N–H and O–H groups in total. The molecule has 1 unspecified atom stereocenters. The zero-order valence-corrected chi connectivity index (χ0v) is 18.7. The Morgan fingerprint density at radius 2 is 2.00 bits per heavy atom. The Balaban J connectivity index is 1.51. The van der Waals surface area contributed by atoms with Crippen LogP contribution in [0.2, 0.25) is 0 Å². The van der Waals surface area contributed by atoms with Crippen molar-refractivity contribution in [3.8, 4) is 11.3 Å². The molecule has 1 atom stereocenters. The largest absolute Gasteiger partial charge is 0.301 e. The number of carbonyl (C=O) groups excluding carboxylic acids is 1. The van der Waals surface area contributed by atoms with E-state index in [2.05, 4.69) is 10.3 Å². The molecular weight excluding hydrogens is 452 g/mol. The molecule has 2 aromatic carbocycles. The van der Waals surface area contributed by atoms with Crippen LogP contribution >= 0.6 is 11.3 Å². The molecule has 1 aliphatic rings. The number of non-ortho nitro benzene ring substituents is 1. The molecule has 32 heavy (non-hydrogen) atoms. The molecule has 11 heteroatoms. The third-order valence-electron chi connectivity index (χ3n) is 5.22. The van der Waals surface area contributed by atoms with E-state index >= 15 is 0 Å². The molecule has 1 aliphatic heterocycles. The topological polar surface area (TPSA) is 123 Å². The smallest absolute Gasteiger partial charge is 0.270 e. The lowest BCUT2D eigenvalue weighted by atomic mass is 10.1. The van der Waals surface area contributed by atoms with Gasteiger partial charge in [0, 0.05) is 29.6 Å². The van der Waals surface area contributed by atoms with Gasteiger partial charge in [0.25, 0.3) is 5.69 Å². The molecule has 166 valence electrons. The number of thiazole rings is 1. The van der Waals surface area contributed by atoms with Gasteiger partial charge in [0.2, 0.25) is 15.9 Å². The van der Waals surface area contributed by atoms with E-state index in [1.807, 2.05) is 6.92 Å². The minimum absolute atomic E-state index is 0.0519. The Bertz CT molecular complexity index is 1270. The summed E-state index contributed by atoms with van der Waals surface area (Å²) in [7, 11) is -3.80. The van der Waals surface area contributed by atoms with Crippen LogP contribution in [0.25, 0.3) is 11.3 Å². The zero-order chi connectivity index (χ0) is 22.9. The van der Waals surface area contributed by atoms with Crippen LogP contribution in [0.5, 0.6) is 0 Å². The summed E-state index contributed by atoms with van der Waals surface area (Å²) in [4.78, 5) is 27.9. The molecule has 1 saturated heterocycles. The maximum atomic E-state index is 13.1. The molecule has 2 heterocycles. The van der Waals surface area contributed by atoms with E-state index in [1.165, 1.54) is 27.8 Å². The van der Waals surface area contributed by atoms with Crippen LogP contribution in [0.3, 0.4) is 0 Å². The van der Waals surface area contributed by atoms with Crippen LogP contribution in [0, 0.1) is 17.0 Å². The number of rotatable bonds is 6. The molecule has 0 aliphatic carbocycles. The van der Waals surface area contributed by atoms with Crippen molar-refractivity contribution in [2.45, 2.75) is 30.7 Å². The number of carbonyl (C=O) groups is 1. The summed E-state index contributed by atoms with van der Waals surface area (Å²) in [6.45, 7) is 2.14. The number of sulfonamides is 1. The fourth-order valence-corrected chi connectivity index (χ4v) is 5.95. The maximum absolute atomic E-state index is 13.1. The minimum Gasteiger partial charge on any atom is -0.301 e. The third kappa shape index (κ3) is 4.40. The number of amides is 1. The molecule has 1 fully saturated rings. The normalized spacial score (nSPS) is 16.7. The van der Waals surface area contributed by atoms with E-state index in [0.29, 0.717) is 29.2 Å². The standard InChI is InChI=1S/C21H20N4O5S2/c1-14-7-9-17(10-8-14)32(29,30)24-11-3-6-19(24)20(26)23-21-22-18(13-31-21)15-4-2-5-16(12-15)25(27)28/h2,4-5,7-10,12-13,19H,3,6,11H2,1H3,(H,22,23,26). The first-order valence-corrected chi connectivity index (χ1v) is 12.2. The monoisotopic (exact) mass is 472 g/mol. The Hall–Kier alpha value is -3.15. The molecule has 3 aromatic rings. The van der Waals surface area contributed by atoms with Crippen molar-refractivity contribution in [3.63, 3.8) is 0 Å². The minimum atomic E-state index is -3.80. The highest BCUT2D eigenvalue weighted by molar-refractivity contribution is 7.89. The van der Waals surface area contributed by atoms with Crippen LogP contribution < -0.4 is 5.32 Å². The van der Waals surface area contributed by atoms with E-state index in [1.54, 1.807) is 41.8 Å². The van der Waals surface area contributed by atoms with Gasteiger partial charge in [-0.3, -0.25) is 14.9 Å². The molecule has 0 radical (unpaired) electrons. The number of nitrogens with zero attached hydrogens (tertiary/aromatic N) is 3. The number of nitro groups is 1. The number of nitro benzene ring substituents is 1. The first kappa shape index (κ1) is 22.1. The van der Waals surface area contributed by atoms with Gasteiger partial charge >= 0.3 is 0 Å². The highest BCUT2D eigenvalue weighted by Crippen LogP contribution is 2.30. The number of aromatic nitrogens is 1. The first-order valence-electron chi connectivity index (χ1n) is 9.85. The Morgan fingerprint density at radius 1 is 1.25 bits per heavy atom. The lowest BCUT2D eigenvalue weighted by Crippen LogP contribution is -2.43. The van der Waals surface area contributed by atoms with Gasteiger partial charge in [-0.2, -0.15) is 4.31 Å². The number of aryl methyl sites for hydroxylation is 1. The quantitative estimate of drug-likeness (QED) is 0.430. The predicted molar refractivity (Wildman–Crippen MR) is 121 cm³/mol. The van der Waals surface area contributed by atoms with Gasteiger partial charge in [0.15, 0.2) is 5.13 Å². The second-order valence-electron chi connectivity index (χ2n) is 7.42. The lowest BCUT2D eigenvalue weighted by Gasteiger charge is -2.23. The van der Waals surface area contributed by atoms with Crippen LogP contribution in [0.4, 0.5) is 10.8 Å². The summed E-state index contributed by atoms with van der Waals surface area (Å²) >= 11 is 1.17. The highest BCUT2D eigenvalue weighted by atomic mass is 32.2. The van der Waals surface area contributed by atoms with Gasteiger partial charge in [-0.25, -0.2) is 13.4 Å². The zero-order valence-electron chi connectivity index (χ0n) is 17.1. The van der Waals surface area contributed by atoms with Crippen molar-refractivity contribution in [3.05, 3.63) is 69.6 Å². The maximum Gasteiger partial charge on any atom is 0.270 e. The summed E-state index contributed by atoms with van der Waals surface area (Å²) < 4.78 is 27.4. The Kier molecular flexibility index (Phi) is 6.04. The summed E-state index contributed by atoms with van der Waals surface area (Å²) in [6, 6.07) is 11.8. The van der Waals surface area contributed by atoms with E-state index < -0.39 is 26.9 Å². The molecule has 0 spiro atoms. The van der Waals surface area contributed by atoms with Crippen molar-refractivity contribution in [1.29, 1.82) is 0 Å². The van der Waals surface area contributed by atoms with Gasteiger partial charge in [0.05, 0.1) is 15.5 Å². The molecule has 4 rings (SSSR count). The molecular formula is C21H20N4O5S2. The van der Waals surface area contributed by atoms with Crippen molar-refractivity contribution in [1.82, 2.24) is 9.29 Å². The van der Waals surface area contributed by atoms with E-state index in [-0.39, 0.29) is 17.1 Å². The predicted octanol–water partition coefficient (Wildman–Crippen LogP) is 3.82. The fourth-order valence-electron chi connectivity index (χ4n) is 3.57. The van der Waals surface area contributed by atoms with Crippen LogP contribution in [-0.4, -0.2) is 41.1 Å². The summed E-state index contributed by atoms with van der Waals surface area (Å²) in [5.74, 6) is -0.446. The SMILES string of the molecule is Cc1ccc(S(=O)(=O)N2CCCC2C(=O)Nc2nc(-c3cccc([N+](=O)[O-])c3)cs2)cc1. The van der Waals surface area contributed by atoms with Crippen molar-refractivity contribution >= 4 is 38.1 Å². The van der Waals surface area contributed by atoms with Crippen LogP contribution in [0.1, 0.15) is 18.4 Å². The van der Waals surface area contributed by atoms with Gasteiger partial charge in [0.1, 0.15) is 6.04 Å². The molecule has 0 bridgehead atoms. The first-order chi connectivity index (χ1) is 15.3. The van der Waals surface area contributed by atoms with Crippen LogP contribution in [-0.2, 0) is 14.8 Å².